The summed E-state index contributed by atoms with van der Waals surface area (Å²) in [6.45, 7) is 0.814. The summed E-state index contributed by atoms with van der Waals surface area (Å²) in [5.41, 5.74) is 1.63. The summed E-state index contributed by atoms with van der Waals surface area (Å²) in [7, 11) is 0. The van der Waals surface area contributed by atoms with Crippen molar-refractivity contribution < 1.29 is 9.53 Å². The summed E-state index contributed by atoms with van der Waals surface area (Å²) >= 11 is 6.04. The van der Waals surface area contributed by atoms with E-state index in [1.54, 1.807) is 12.1 Å². The SMILES string of the molecule is O=C(COc1ccccc1Cl)Nc1cccc(-c2nnc3n2CCCCC3)c1. The molecular formula is C21H21ClN4O2. The van der Waals surface area contributed by atoms with Crippen LogP contribution in [0.2, 0.25) is 5.02 Å². The minimum Gasteiger partial charge on any atom is -0.482 e. The fraction of sp³-hybridized carbons (Fsp3) is 0.286. The van der Waals surface area contributed by atoms with Crippen LogP contribution in [0.3, 0.4) is 0 Å². The Kier molecular flexibility index (Phi) is 5.58. The highest BCUT2D eigenvalue weighted by atomic mass is 35.5. The quantitative estimate of drug-likeness (QED) is 0.696. The number of para-hydroxylation sites is 1. The number of ether oxygens (including phenoxy) is 1. The van der Waals surface area contributed by atoms with Crippen LogP contribution in [-0.4, -0.2) is 27.3 Å². The number of anilines is 1. The number of hydrogen-bond acceptors (Lipinski definition) is 4. The standard InChI is InChI=1S/C21H21ClN4O2/c22-17-9-3-4-10-18(17)28-14-20(27)23-16-8-6-7-15(13-16)21-25-24-19-11-2-1-5-12-26(19)21/h3-4,6-10,13H,1-2,5,11-12,14H2,(H,23,27). The van der Waals surface area contributed by atoms with Crippen LogP contribution < -0.4 is 10.1 Å². The summed E-state index contributed by atoms with van der Waals surface area (Å²) in [5.74, 6) is 2.12. The summed E-state index contributed by atoms with van der Waals surface area (Å²) in [5, 5.41) is 12.1. The van der Waals surface area contributed by atoms with Crippen molar-refractivity contribution in [3.8, 4) is 17.1 Å². The molecule has 0 spiro atoms. The van der Waals surface area contributed by atoms with Crippen LogP contribution in [0.5, 0.6) is 5.75 Å². The number of aromatic nitrogens is 3. The number of benzene rings is 2. The lowest BCUT2D eigenvalue weighted by atomic mass is 10.2. The van der Waals surface area contributed by atoms with Crippen LogP contribution in [0.15, 0.2) is 48.5 Å². The molecule has 1 N–H and O–H groups in total. The number of amides is 1. The summed E-state index contributed by atoms with van der Waals surface area (Å²) < 4.78 is 7.68. The number of hydrogen-bond donors (Lipinski definition) is 1. The normalized spacial score (nSPS) is 13.5. The molecule has 28 heavy (non-hydrogen) atoms. The molecule has 0 saturated carbocycles. The van der Waals surface area contributed by atoms with Crippen molar-refractivity contribution in [1.29, 1.82) is 0 Å². The van der Waals surface area contributed by atoms with E-state index in [1.165, 1.54) is 6.42 Å². The lowest BCUT2D eigenvalue weighted by molar-refractivity contribution is -0.118. The van der Waals surface area contributed by atoms with Crippen molar-refractivity contribution in [3.63, 3.8) is 0 Å². The smallest absolute Gasteiger partial charge is 0.262 e. The average molecular weight is 397 g/mol. The zero-order chi connectivity index (χ0) is 19.3. The van der Waals surface area contributed by atoms with Gasteiger partial charge in [-0.2, -0.15) is 0 Å². The first-order valence-corrected chi connectivity index (χ1v) is 9.78. The zero-order valence-electron chi connectivity index (χ0n) is 15.4. The Bertz CT molecular complexity index is 986. The molecule has 2 aromatic carbocycles. The first-order valence-electron chi connectivity index (χ1n) is 9.40. The maximum atomic E-state index is 12.3. The van der Waals surface area contributed by atoms with Crippen molar-refractivity contribution in [1.82, 2.24) is 14.8 Å². The number of halogens is 1. The Hall–Kier alpha value is -2.86. The van der Waals surface area contributed by atoms with Crippen molar-refractivity contribution in [2.45, 2.75) is 32.2 Å². The van der Waals surface area contributed by atoms with Gasteiger partial charge in [-0.25, -0.2) is 0 Å². The molecule has 1 aliphatic rings. The number of nitrogens with zero attached hydrogens (tertiary/aromatic N) is 3. The second-order valence-electron chi connectivity index (χ2n) is 6.75. The third-order valence-electron chi connectivity index (χ3n) is 4.71. The molecular weight excluding hydrogens is 376 g/mol. The summed E-state index contributed by atoms with van der Waals surface area (Å²) in [6.07, 6.45) is 4.46. The molecule has 1 aromatic heterocycles. The molecule has 0 bridgehead atoms. The van der Waals surface area contributed by atoms with Crippen LogP contribution in [0, 0.1) is 0 Å². The third-order valence-corrected chi connectivity index (χ3v) is 5.02. The summed E-state index contributed by atoms with van der Waals surface area (Å²) in [4.78, 5) is 12.3. The maximum absolute atomic E-state index is 12.3. The number of nitrogens with one attached hydrogen (secondary N) is 1. The van der Waals surface area contributed by atoms with Gasteiger partial charge in [0.15, 0.2) is 12.4 Å². The molecule has 0 aliphatic carbocycles. The van der Waals surface area contributed by atoms with Crippen LogP contribution >= 0.6 is 11.6 Å². The highest BCUT2D eigenvalue weighted by Crippen LogP contribution is 2.25. The Morgan fingerprint density at radius 2 is 2.00 bits per heavy atom. The lowest BCUT2D eigenvalue weighted by Crippen LogP contribution is -2.20. The lowest BCUT2D eigenvalue weighted by Gasteiger charge is -2.10. The highest BCUT2D eigenvalue weighted by molar-refractivity contribution is 6.32. The predicted octanol–water partition coefficient (Wildman–Crippen LogP) is 4.34. The van der Waals surface area contributed by atoms with Gasteiger partial charge >= 0.3 is 0 Å². The minimum atomic E-state index is -0.253. The number of carbonyl (C=O) groups is 1. The maximum Gasteiger partial charge on any atom is 0.262 e. The van der Waals surface area contributed by atoms with Gasteiger partial charge in [0.05, 0.1) is 5.02 Å². The van der Waals surface area contributed by atoms with E-state index in [0.717, 1.165) is 43.0 Å². The molecule has 7 heteroatoms. The summed E-state index contributed by atoms with van der Waals surface area (Å²) in [6, 6.07) is 14.7. The van der Waals surface area contributed by atoms with E-state index in [1.807, 2.05) is 36.4 Å². The van der Waals surface area contributed by atoms with E-state index < -0.39 is 0 Å². The van der Waals surface area contributed by atoms with E-state index in [0.29, 0.717) is 16.5 Å². The van der Waals surface area contributed by atoms with Crippen molar-refractivity contribution in [2.75, 3.05) is 11.9 Å². The first-order chi connectivity index (χ1) is 13.7. The van der Waals surface area contributed by atoms with Gasteiger partial charge in [-0.3, -0.25) is 4.79 Å². The Morgan fingerprint density at radius 3 is 2.89 bits per heavy atom. The largest absolute Gasteiger partial charge is 0.482 e. The Morgan fingerprint density at radius 1 is 1.11 bits per heavy atom. The number of carbonyl (C=O) groups excluding carboxylic acids is 1. The molecule has 2 heterocycles. The van der Waals surface area contributed by atoms with E-state index in [9.17, 15) is 4.79 Å². The zero-order valence-corrected chi connectivity index (χ0v) is 16.2. The molecule has 0 fully saturated rings. The van der Waals surface area contributed by atoms with Crippen LogP contribution in [0.1, 0.15) is 25.1 Å². The molecule has 6 nitrogen and oxygen atoms in total. The first kappa shape index (κ1) is 18.5. The molecule has 0 atom stereocenters. The van der Waals surface area contributed by atoms with Crippen molar-refractivity contribution >= 4 is 23.2 Å². The van der Waals surface area contributed by atoms with Gasteiger partial charge in [-0.15, -0.1) is 10.2 Å². The molecule has 0 unspecified atom stereocenters. The molecule has 1 aliphatic heterocycles. The number of rotatable bonds is 5. The predicted molar refractivity (Wildman–Crippen MR) is 109 cm³/mol. The van der Waals surface area contributed by atoms with Gasteiger partial charge < -0.3 is 14.6 Å². The van der Waals surface area contributed by atoms with Gasteiger partial charge in [-0.1, -0.05) is 42.3 Å². The molecule has 4 rings (SSSR count). The Balaban J connectivity index is 1.45. The topological polar surface area (TPSA) is 69.0 Å². The molecule has 144 valence electrons. The van der Waals surface area contributed by atoms with Gasteiger partial charge in [0.1, 0.15) is 11.6 Å². The highest BCUT2D eigenvalue weighted by Gasteiger charge is 2.16. The van der Waals surface area contributed by atoms with Crippen molar-refractivity contribution in [3.05, 3.63) is 59.4 Å². The van der Waals surface area contributed by atoms with Gasteiger partial charge in [-0.05, 0) is 37.1 Å². The van der Waals surface area contributed by atoms with Crippen LogP contribution in [0.25, 0.3) is 11.4 Å². The fourth-order valence-corrected chi connectivity index (χ4v) is 3.53. The van der Waals surface area contributed by atoms with Crippen LogP contribution in [0.4, 0.5) is 5.69 Å². The van der Waals surface area contributed by atoms with Crippen LogP contribution in [-0.2, 0) is 17.8 Å². The van der Waals surface area contributed by atoms with Gasteiger partial charge in [0.2, 0.25) is 0 Å². The fourth-order valence-electron chi connectivity index (χ4n) is 3.34. The second kappa shape index (κ2) is 8.44. The Labute approximate surface area is 168 Å². The van der Waals surface area contributed by atoms with E-state index in [-0.39, 0.29) is 12.5 Å². The molecule has 3 aromatic rings. The second-order valence-corrected chi connectivity index (χ2v) is 7.16. The van der Waals surface area contributed by atoms with E-state index in [4.69, 9.17) is 16.3 Å². The molecule has 0 radical (unpaired) electrons. The molecule has 0 saturated heterocycles. The average Bonchev–Trinajstić information content (AvgIpc) is 2.96. The van der Waals surface area contributed by atoms with Gasteiger partial charge in [0, 0.05) is 24.2 Å². The molecule has 1 amide bonds. The van der Waals surface area contributed by atoms with Crippen molar-refractivity contribution in [2.24, 2.45) is 0 Å². The minimum absolute atomic E-state index is 0.117. The number of fused-ring (bicyclic) bond motifs is 1. The third kappa shape index (κ3) is 4.17. The van der Waals surface area contributed by atoms with E-state index in [2.05, 4.69) is 20.1 Å². The van der Waals surface area contributed by atoms with E-state index >= 15 is 0 Å². The van der Waals surface area contributed by atoms with Gasteiger partial charge in [0.25, 0.3) is 5.91 Å². The monoisotopic (exact) mass is 396 g/mol. The number of aryl methyl sites for hydroxylation is 1.